The molecule has 0 aromatic rings. The van der Waals surface area contributed by atoms with Crippen molar-refractivity contribution < 1.29 is 9.53 Å². The van der Waals surface area contributed by atoms with E-state index in [0.29, 0.717) is 6.61 Å². The third kappa shape index (κ3) is 2.47. The average molecular weight is 199 g/mol. The van der Waals surface area contributed by atoms with Gasteiger partial charge in [-0.1, -0.05) is 6.92 Å². The first-order chi connectivity index (χ1) is 6.62. The normalized spacial score (nSPS) is 28.8. The van der Waals surface area contributed by atoms with E-state index in [1.165, 1.54) is 0 Å². The van der Waals surface area contributed by atoms with Crippen LogP contribution in [-0.2, 0) is 9.53 Å². The molecule has 0 aromatic heterocycles. The van der Waals surface area contributed by atoms with Crippen LogP contribution in [0.25, 0.3) is 0 Å². The van der Waals surface area contributed by atoms with Gasteiger partial charge in [-0.05, 0) is 39.8 Å². The van der Waals surface area contributed by atoms with Crippen LogP contribution in [-0.4, -0.2) is 37.1 Å². The Balaban J connectivity index is 2.58. The minimum Gasteiger partial charge on any atom is -0.466 e. The fourth-order valence-corrected chi connectivity index (χ4v) is 2.09. The lowest BCUT2D eigenvalue weighted by Gasteiger charge is -2.37. The molecule has 0 aliphatic carbocycles. The summed E-state index contributed by atoms with van der Waals surface area (Å²) in [6.07, 6.45) is 2.06. The number of ether oxygens (including phenoxy) is 1. The van der Waals surface area contributed by atoms with Gasteiger partial charge in [0.1, 0.15) is 0 Å². The number of esters is 1. The molecular weight excluding hydrogens is 178 g/mol. The van der Waals surface area contributed by atoms with Gasteiger partial charge in [0.2, 0.25) is 0 Å². The molecule has 1 aliphatic rings. The predicted molar refractivity (Wildman–Crippen MR) is 56.1 cm³/mol. The van der Waals surface area contributed by atoms with Crippen LogP contribution in [0.4, 0.5) is 0 Å². The number of nitrogens with zero attached hydrogens (tertiary/aromatic N) is 1. The van der Waals surface area contributed by atoms with Crippen LogP contribution < -0.4 is 0 Å². The Hall–Kier alpha value is -0.570. The Morgan fingerprint density at radius 3 is 2.79 bits per heavy atom. The van der Waals surface area contributed by atoms with Gasteiger partial charge in [-0.15, -0.1) is 0 Å². The van der Waals surface area contributed by atoms with Crippen molar-refractivity contribution >= 4 is 5.97 Å². The summed E-state index contributed by atoms with van der Waals surface area (Å²) in [4.78, 5) is 14.1. The number of hydrogen-bond donors (Lipinski definition) is 0. The second-order valence-electron chi connectivity index (χ2n) is 4.25. The van der Waals surface area contributed by atoms with Crippen LogP contribution in [0.1, 0.15) is 33.6 Å². The van der Waals surface area contributed by atoms with Gasteiger partial charge in [0, 0.05) is 6.54 Å². The highest BCUT2D eigenvalue weighted by Crippen LogP contribution is 2.30. The summed E-state index contributed by atoms with van der Waals surface area (Å²) in [5.41, 5.74) is -0.274. The quantitative estimate of drug-likeness (QED) is 0.648. The van der Waals surface area contributed by atoms with Crippen LogP contribution in [0.2, 0.25) is 0 Å². The molecule has 3 heteroatoms. The van der Waals surface area contributed by atoms with Crippen molar-refractivity contribution in [2.75, 3.05) is 26.2 Å². The molecule has 0 aromatic carbocycles. The van der Waals surface area contributed by atoms with E-state index in [9.17, 15) is 4.79 Å². The van der Waals surface area contributed by atoms with Crippen LogP contribution in [0.3, 0.4) is 0 Å². The smallest absolute Gasteiger partial charge is 0.313 e. The van der Waals surface area contributed by atoms with Gasteiger partial charge in [0.05, 0.1) is 12.0 Å². The van der Waals surface area contributed by atoms with E-state index in [1.807, 2.05) is 13.8 Å². The lowest BCUT2D eigenvalue weighted by Crippen LogP contribution is -2.46. The highest BCUT2D eigenvalue weighted by Gasteiger charge is 2.38. The maximum absolute atomic E-state index is 11.7. The summed E-state index contributed by atoms with van der Waals surface area (Å²) in [6, 6.07) is 0. The number of rotatable bonds is 3. The molecule has 0 N–H and O–H groups in total. The maximum atomic E-state index is 11.7. The molecule has 1 atom stereocenters. The number of piperidine rings is 1. The van der Waals surface area contributed by atoms with Crippen molar-refractivity contribution in [2.45, 2.75) is 33.6 Å². The van der Waals surface area contributed by atoms with Gasteiger partial charge < -0.3 is 9.64 Å². The van der Waals surface area contributed by atoms with Crippen molar-refractivity contribution in [1.82, 2.24) is 4.90 Å². The molecular formula is C11H21NO2. The number of likely N-dealkylation sites (tertiary alicyclic amines) is 1. The van der Waals surface area contributed by atoms with Crippen LogP contribution in [0.15, 0.2) is 0 Å². The first kappa shape index (κ1) is 11.5. The average Bonchev–Trinajstić information content (AvgIpc) is 2.18. The second kappa shape index (κ2) is 4.78. The standard InChI is InChI=1S/C11H21NO2/c1-4-12-8-6-7-11(3,9-12)10(13)14-5-2/h4-9H2,1-3H3. The van der Waals surface area contributed by atoms with Gasteiger partial charge in [0.25, 0.3) is 0 Å². The van der Waals surface area contributed by atoms with E-state index >= 15 is 0 Å². The molecule has 0 saturated carbocycles. The van der Waals surface area contributed by atoms with Crippen molar-refractivity contribution in [3.8, 4) is 0 Å². The molecule has 0 radical (unpaired) electrons. The van der Waals surface area contributed by atoms with Gasteiger partial charge in [0.15, 0.2) is 0 Å². The Morgan fingerprint density at radius 1 is 1.50 bits per heavy atom. The van der Waals surface area contributed by atoms with Gasteiger partial charge in [-0.2, -0.15) is 0 Å². The van der Waals surface area contributed by atoms with E-state index in [4.69, 9.17) is 4.74 Å². The molecule has 1 unspecified atom stereocenters. The van der Waals surface area contributed by atoms with E-state index in [2.05, 4.69) is 11.8 Å². The monoisotopic (exact) mass is 199 g/mol. The SMILES string of the molecule is CCOC(=O)C1(C)CCCN(CC)C1. The number of carbonyl (C=O) groups is 1. The molecule has 82 valence electrons. The molecule has 1 rings (SSSR count). The van der Waals surface area contributed by atoms with Crippen molar-refractivity contribution in [2.24, 2.45) is 5.41 Å². The Kier molecular flexibility index (Phi) is 3.93. The molecule has 0 spiro atoms. The summed E-state index contributed by atoms with van der Waals surface area (Å²) in [6.45, 7) is 9.49. The zero-order valence-electron chi connectivity index (χ0n) is 9.51. The number of hydrogen-bond acceptors (Lipinski definition) is 3. The molecule has 0 bridgehead atoms. The minimum absolute atomic E-state index is 0.0295. The van der Waals surface area contributed by atoms with E-state index in [0.717, 1.165) is 32.5 Å². The zero-order valence-corrected chi connectivity index (χ0v) is 9.51. The zero-order chi connectivity index (χ0) is 10.6. The summed E-state index contributed by atoms with van der Waals surface area (Å²) in [7, 11) is 0. The van der Waals surface area contributed by atoms with Gasteiger partial charge in [-0.3, -0.25) is 4.79 Å². The van der Waals surface area contributed by atoms with Crippen molar-refractivity contribution in [3.05, 3.63) is 0 Å². The maximum Gasteiger partial charge on any atom is 0.313 e. The third-order valence-electron chi connectivity index (χ3n) is 2.99. The van der Waals surface area contributed by atoms with Crippen molar-refractivity contribution in [3.63, 3.8) is 0 Å². The Bertz CT molecular complexity index is 205. The van der Waals surface area contributed by atoms with Crippen LogP contribution in [0.5, 0.6) is 0 Å². The fraction of sp³-hybridized carbons (Fsp3) is 0.909. The molecule has 1 saturated heterocycles. The summed E-state index contributed by atoms with van der Waals surface area (Å²) in [5, 5.41) is 0. The van der Waals surface area contributed by atoms with Gasteiger partial charge in [-0.25, -0.2) is 0 Å². The minimum atomic E-state index is -0.274. The molecule has 1 fully saturated rings. The first-order valence-electron chi connectivity index (χ1n) is 5.52. The molecule has 3 nitrogen and oxygen atoms in total. The summed E-state index contributed by atoms with van der Waals surface area (Å²) >= 11 is 0. The topological polar surface area (TPSA) is 29.5 Å². The molecule has 1 aliphatic heterocycles. The van der Waals surface area contributed by atoms with Crippen molar-refractivity contribution in [1.29, 1.82) is 0 Å². The Morgan fingerprint density at radius 2 is 2.21 bits per heavy atom. The molecule has 0 amide bonds. The molecule has 14 heavy (non-hydrogen) atoms. The molecule has 1 heterocycles. The third-order valence-corrected chi connectivity index (χ3v) is 2.99. The van der Waals surface area contributed by atoms with Gasteiger partial charge >= 0.3 is 5.97 Å². The van der Waals surface area contributed by atoms with E-state index in [-0.39, 0.29) is 11.4 Å². The predicted octanol–water partition coefficient (Wildman–Crippen LogP) is 1.67. The van der Waals surface area contributed by atoms with Crippen LogP contribution in [0, 0.1) is 5.41 Å². The lowest BCUT2D eigenvalue weighted by molar-refractivity contribution is -0.157. The number of carbonyl (C=O) groups excluding carboxylic acids is 1. The lowest BCUT2D eigenvalue weighted by atomic mass is 9.82. The van der Waals surface area contributed by atoms with E-state index in [1.54, 1.807) is 0 Å². The highest BCUT2D eigenvalue weighted by molar-refractivity contribution is 5.76. The van der Waals surface area contributed by atoms with E-state index < -0.39 is 0 Å². The Labute approximate surface area is 86.4 Å². The summed E-state index contributed by atoms with van der Waals surface area (Å²) < 4.78 is 5.11. The van der Waals surface area contributed by atoms with Crippen LogP contribution >= 0.6 is 0 Å². The summed E-state index contributed by atoms with van der Waals surface area (Å²) in [5.74, 6) is -0.0295. The fourth-order valence-electron chi connectivity index (χ4n) is 2.09. The first-order valence-corrected chi connectivity index (χ1v) is 5.52. The highest BCUT2D eigenvalue weighted by atomic mass is 16.5. The largest absolute Gasteiger partial charge is 0.466 e. The second-order valence-corrected chi connectivity index (χ2v) is 4.25.